The molecule has 0 aliphatic rings. The van der Waals surface area contributed by atoms with Crippen LogP contribution in [0.3, 0.4) is 0 Å². The van der Waals surface area contributed by atoms with Gasteiger partial charge in [0.1, 0.15) is 5.78 Å². The van der Waals surface area contributed by atoms with Crippen LogP contribution in [-0.2, 0) is 17.6 Å². The fourth-order valence-electron chi connectivity index (χ4n) is 2.66. The molecule has 0 saturated heterocycles. The lowest BCUT2D eigenvalue weighted by molar-refractivity contribution is -0.117. The summed E-state index contributed by atoms with van der Waals surface area (Å²) in [4.78, 5) is 22.0. The molecule has 3 aromatic heterocycles. The van der Waals surface area contributed by atoms with Gasteiger partial charge in [0.15, 0.2) is 0 Å². The fourth-order valence-corrected chi connectivity index (χ4v) is 3.39. The van der Waals surface area contributed by atoms with E-state index in [1.165, 1.54) is 0 Å². The summed E-state index contributed by atoms with van der Waals surface area (Å²) in [7, 11) is 0. The van der Waals surface area contributed by atoms with Gasteiger partial charge in [-0.25, -0.2) is 9.97 Å². The number of ketones is 1. The molecule has 0 aliphatic carbocycles. The summed E-state index contributed by atoms with van der Waals surface area (Å²) in [6.07, 6.45) is 6.59. The number of thiophene rings is 1. The Balaban J connectivity index is 1.49. The summed E-state index contributed by atoms with van der Waals surface area (Å²) in [6, 6.07) is 13.9. The summed E-state index contributed by atoms with van der Waals surface area (Å²) in [5.74, 6) is 0.921. The maximum atomic E-state index is 12.1. The molecule has 0 saturated carbocycles. The highest BCUT2D eigenvalue weighted by molar-refractivity contribution is 7.10. The first kappa shape index (κ1) is 14.8. The third kappa shape index (κ3) is 3.12. The number of aromatic nitrogens is 3. The lowest BCUT2D eigenvalue weighted by Gasteiger charge is -2.02. The zero-order chi connectivity index (χ0) is 16.4. The summed E-state index contributed by atoms with van der Waals surface area (Å²) < 4.78 is 1.90. The molecule has 4 rings (SSSR count). The zero-order valence-corrected chi connectivity index (χ0v) is 13.7. The molecule has 0 aliphatic heterocycles. The van der Waals surface area contributed by atoms with E-state index in [4.69, 9.17) is 0 Å². The van der Waals surface area contributed by atoms with Crippen LogP contribution in [0.5, 0.6) is 0 Å². The lowest BCUT2D eigenvalue weighted by atomic mass is 10.0. The number of Topliss-reactive ketones (excluding diaryl/α,β-unsaturated/α-hetero) is 1. The van der Waals surface area contributed by atoms with Crippen LogP contribution in [-0.4, -0.2) is 20.2 Å². The Morgan fingerprint density at radius 2 is 1.96 bits per heavy atom. The van der Waals surface area contributed by atoms with E-state index in [-0.39, 0.29) is 5.78 Å². The largest absolute Gasteiger partial charge is 0.299 e. The van der Waals surface area contributed by atoms with Crippen LogP contribution >= 0.6 is 11.3 Å². The third-order valence-corrected chi connectivity index (χ3v) is 4.71. The highest BCUT2D eigenvalue weighted by Crippen LogP contribution is 2.19. The summed E-state index contributed by atoms with van der Waals surface area (Å²) in [5.41, 5.74) is 2.93. The van der Waals surface area contributed by atoms with Gasteiger partial charge >= 0.3 is 0 Å². The molecule has 0 fully saturated rings. The molecule has 0 N–H and O–H groups in total. The standard InChI is InChI=1S/C19H15N3OS/c23-16(12-17-3-1-10-24-17)11-14-4-6-15(7-5-14)18-13-22-9-2-8-20-19(22)21-18/h1-10,13H,11-12H2. The quantitative estimate of drug-likeness (QED) is 0.558. The number of carbonyl (C=O) groups excluding carboxylic acids is 1. The van der Waals surface area contributed by atoms with Gasteiger partial charge in [0.05, 0.1) is 5.69 Å². The highest BCUT2D eigenvalue weighted by atomic mass is 32.1. The van der Waals surface area contributed by atoms with Crippen molar-refractivity contribution in [3.8, 4) is 11.3 Å². The summed E-state index contributed by atoms with van der Waals surface area (Å²) in [5, 5.41) is 2.00. The number of nitrogens with zero attached hydrogens (tertiary/aromatic N) is 3. The molecule has 0 bridgehead atoms. The number of fused-ring (bicyclic) bond motifs is 1. The Bertz CT molecular complexity index is 938. The van der Waals surface area contributed by atoms with Gasteiger partial charge in [-0.2, -0.15) is 0 Å². The Morgan fingerprint density at radius 1 is 1.08 bits per heavy atom. The molecule has 24 heavy (non-hydrogen) atoms. The van der Waals surface area contributed by atoms with Crippen LogP contribution in [0.15, 0.2) is 66.4 Å². The maximum Gasteiger partial charge on any atom is 0.234 e. The second-order valence-electron chi connectivity index (χ2n) is 5.62. The first-order valence-corrected chi connectivity index (χ1v) is 8.59. The predicted molar refractivity (Wildman–Crippen MR) is 95.2 cm³/mol. The number of hydrogen-bond acceptors (Lipinski definition) is 4. The van der Waals surface area contributed by atoms with E-state index in [1.54, 1.807) is 17.5 Å². The normalized spacial score (nSPS) is 11.0. The Labute approximate surface area is 143 Å². The van der Waals surface area contributed by atoms with Gasteiger partial charge in [0.25, 0.3) is 0 Å². The minimum atomic E-state index is 0.238. The maximum absolute atomic E-state index is 12.1. The van der Waals surface area contributed by atoms with Gasteiger partial charge in [0.2, 0.25) is 5.78 Å². The molecule has 4 nitrogen and oxygen atoms in total. The second kappa shape index (κ2) is 6.37. The van der Waals surface area contributed by atoms with Crippen LogP contribution in [0, 0.1) is 0 Å². The molecule has 1 aromatic carbocycles. The topological polar surface area (TPSA) is 47.3 Å². The zero-order valence-electron chi connectivity index (χ0n) is 12.9. The van der Waals surface area contributed by atoms with Crippen molar-refractivity contribution in [2.45, 2.75) is 12.8 Å². The first-order chi connectivity index (χ1) is 11.8. The average Bonchev–Trinajstić information content (AvgIpc) is 3.24. The molecular formula is C19H15N3OS. The number of imidazole rings is 1. The van der Waals surface area contributed by atoms with E-state index in [1.807, 2.05) is 64.6 Å². The van der Waals surface area contributed by atoms with Crippen molar-refractivity contribution < 1.29 is 4.79 Å². The molecule has 3 heterocycles. The fraction of sp³-hybridized carbons (Fsp3) is 0.105. The van der Waals surface area contributed by atoms with Gasteiger partial charge in [-0.3, -0.25) is 9.20 Å². The minimum Gasteiger partial charge on any atom is -0.299 e. The Hall–Kier alpha value is -2.79. The van der Waals surface area contributed by atoms with E-state index in [0.29, 0.717) is 18.6 Å². The highest BCUT2D eigenvalue weighted by Gasteiger charge is 2.08. The summed E-state index contributed by atoms with van der Waals surface area (Å²) >= 11 is 1.63. The van der Waals surface area contributed by atoms with Crippen LogP contribution < -0.4 is 0 Å². The summed E-state index contributed by atoms with van der Waals surface area (Å²) in [6.45, 7) is 0. The van der Waals surface area contributed by atoms with Gasteiger partial charge in [-0.15, -0.1) is 11.3 Å². The molecule has 0 spiro atoms. The van der Waals surface area contributed by atoms with Crippen LogP contribution in [0.4, 0.5) is 0 Å². The van der Waals surface area contributed by atoms with Crippen LogP contribution in [0.25, 0.3) is 17.0 Å². The molecule has 0 amide bonds. The van der Waals surface area contributed by atoms with Crippen molar-refractivity contribution >= 4 is 22.9 Å². The van der Waals surface area contributed by atoms with Crippen molar-refractivity contribution in [3.63, 3.8) is 0 Å². The van der Waals surface area contributed by atoms with Crippen molar-refractivity contribution in [2.24, 2.45) is 0 Å². The van der Waals surface area contributed by atoms with E-state index < -0.39 is 0 Å². The molecule has 5 heteroatoms. The molecular weight excluding hydrogens is 318 g/mol. The Morgan fingerprint density at radius 3 is 2.71 bits per heavy atom. The number of hydrogen-bond donors (Lipinski definition) is 0. The molecule has 4 aromatic rings. The van der Waals surface area contributed by atoms with Gasteiger partial charge < -0.3 is 0 Å². The molecule has 0 unspecified atom stereocenters. The van der Waals surface area contributed by atoms with Gasteiger partial charge in [-0.1, -0.05) is 30.3 Å². The molecule has 118 valence electrons. The van der Waals surface area contributed by atoms with Crippen molar-refractivity contribution in [3.05, 3.63) is 76.9 Å². The lowest BCUT2D eigenvalue weighted by Crippen LogP contribution is -2.05. The third-order valence-electron chi connectivity index (χ3n) is 3.84. The van der Waals surface area contributed by atoms with Crippen molar-refractivity contribution in [1.29, 1.82) is 0 Å². The molecule has 0 radical (unpaired) electrons. The number of rotatable bonds is 5. The van der Waals surface area contributed by atoms with Crippen LogP contribution in [0.2, 0.25) is 0 Å². The van der Waals surface area contributed by atoms with E-state index >= 15 is 0 Å². The van der Waals surface area contributed by atoms with Crippen LogP contribution in [0.1, 0.15) is 10.4 Å². The van der Waals surface area contributed by atoms with E-state index in [0.717, 1.165) is 21.7 Å². The van der Waals surface area contributed by atoms with Gasteiger partial charge in [-0.05, 0) is 23.1 Å². The average molecular weight is 333 g/mol. The number of carbonyl (C=O) groups is 1. The minimum absolute atomic E-state index is 0.238. The van der Waals surface area contributed by atoms with Crippen molar-refractivity contribution in [1.82, 2.24) is 14.4 Å². The van der Waals surface area contributed by atoms with E-state index in [9.17, 15) is 4.79 Å². The molecule has 0 atom stereocenters. The second-order valence-corrected chi connectivity index (χ2v) is 6.65. The smallest absolute Gasteiger partial charge is 0.234 e. The van der Waals surface area contributed by atoms with E-state index in [2.05, 4.69) is 9.97 Å². The Kier molecular flexibility index (Phi) is 3.92. The first-order valence-electron chi connectivity index (χ1n) is 7.71. The monoisotopic (exact) mass is 333 g/mol. The van der Waals surface area contributed by atoms with Gasteiger partial charge in [0, 0.05) is 41.9 Å². The number of benzene rings is 1. The predicted octanol–water partition coefficient (Wildman–Crippen LogP) is 3.81. The van der Waals surface area contributed by atoms with Crippen molar-refractivity contribution in [2.75, 3.05) is 0 Å². The SMILES string of the molecule is O=C(Cc1ccc(-c2cn3cccnc3n2)cc1)Cc1cccs1.